The molecule has 0 radical (unpaired) electrons. The molecule has 0 bridgehead atoms. The van der Waals surface area contributed by atoms with Crippen LogP contribution in [0.25, 0.3) is 11.4 Å². The molecule has 3 aromatic rings. The fraction of sp³-hybridized carbons (Fsp3) is 0.118. The van der Waals surface area contributed by atoms with Gasteiger partial charge >= 0.3 is 0 Å². The molecule has 5 nitrogen and oxygen atoms in total. The third-order valence-electron chi connectivity index (χ3n) is 3.68. The maximum absolute atomic E-state index is 13.1. The molecule has 0 atom stereocenters. The van der Waals surface area contributed by atoms with Crippen LogP contribution >= 0.6 is 28.7 Å². The Bertz CT molecular complexity index is 927. The highest BCUT2D eigenvalue weighted by molar-refractivity contribution is 8.93. The number of methoxy groups -OCH3 is 1. The molecule has 8 heteroatoms. The van der Waals surface area contributed by atoms with Crippen LogP contribution in [0.3, 0.4) is 0 Å². The van der Waals surface area contributed by atoms with Gasteiger partial charge in [-0.05, 0) is 29.8 Å². The lowest BCUT2D eigenvalue weighted by Crippen LogP contribution is -2.13. The molecule has 1 aromatic heterocycles. The monoisotopic (exact) mass is 420 g/mol. The highest BCUT2D eigenvalue weighted by Gasteiger charge is 2.21. The molecule has 0 fully saturated rings. The van der Waals surface area contributed by atoms with Crippen molar-refractivity contribution >= 4 is 34.5 Å². The van der Waals surface area contributed by atoms with E-state index in [-0.39, 0.29) is 22.8 Å². The lowest BCUT2D eigenvalue weighted by Gasteiger charge is -2.14. The Kier molecular flexibility index (Phi) is 5.19. The van der Waals surface area contributed by atoms with Crippen LogP contribution in [0, 0.1) is 5.82 Å². The maximum atomic E-state index is 13.1. The van der Waals surface area contributed by atoms with E-state index in [1.165, 1.54) is 12.1 Å². The Morgan fingerprint density at radius 2 is 1.88 bits per heavy atom. The van der Waals surface area contributed by atoms with Gasteiger partial charge in [-0.1, -0.05) is 36.0 Å². The number of ether oxygens (including phenoxy) is 1. The van der Waals surface area contributed by atoms with Gasteiger partial charge in [0.25, 0.3) is 0 Å². The number of thioether (sulfide) groups is 1. The minimum atomic E-state index is -0.259. The molecule has 4 rings (SSSR count). The van der Waals surface area contributed by atoms with Crippen molar-refractivity contribution in [1.82, 2.24) is 14.9 Å². The summed E-state index contributed by atoms with van der Waals surface area (Å²) in [4.78, 5) is 0. The first-order valence-corrected chi connectivity index (χ1v) is 8.29. The van der Waals surface area contributed by atoms with Gasteiger partial charge in [0.2, 0.25) is 5.16 Å². The van der Waals surface area contributed by atoms with E-state index in [1.54, 1.807) is 35.7 Å². The van der Waals surface area contributed by atoms with Gasteiger partial charge in [-0.25, -0.2) is 4.39 Å². The summed E-state index contributed by atoms with van der Waals surface area (Å²) >= 11 is 1.55. The normalized spacial score (nSPS) is 12.8. The minimum absolute atomic E-state index is 0. The topological polar surface area (TPSA) is 52.3 Å². The number of fused-ring (bicyclic) bond motifs is 1. The first-order chi connectivity index (χ1) is 11.7. The number of aromatic nitrogens is 3. The van der Waals surface area contributed by atoms with Crippen LogP contribution in [0.4, 0.5) is 4.39 Å². The number of hydrogen-bond donors (Lipinski definition) is 0. The van der Waals surface area contributed by atoms with Crippen LogP contribution in [0.5, 0.6) is 5.75 Å². The van der Waals surface area contributed by atoms with Gasteiger partial charge in [-0.2, -0.15) is 9.78 Å². The smallest absolute Gasteiger partial charge is 0.212 e. The molecular weight excluding hydrogens is 407 g/mol. The molecule has 0 spiro atoms. The second kappa shape index (κ2) is 7.37. The summed E-state index contributed by atoms with van der Waals surface area (Å²) in [6.07, 6.45) is 0. The summed E-state index contributed by atoms with van der Waals surface area (Å²) in [6.45, 7) is 0. The Morgan fingerprint density at radius 1 is 1.08 bits per heavy atom. The highest BCUT2D eigenvalue weighted by Crippen LogP contribution is 2.29. The van der Waals surface area contributed by atoms with Gasteiger partial charge in [0.05, 0.1) is 12.8 Å². The van der Waals surface area contributed by atoms with E-state index < -0.39 is 0 Å². The van der Waals surface area contributed by atoms with Gasteiger partial charge in [0, 0.05) is 11.3 Å². The molecule has 2 heterocycles. The molecule has 1 aliphatic rings. The summed E-state index contributed by atoms with van der Waals surface area (Å²) in [7, 11) is 1.62. The van der Waals surface area contributed by atoms with Crippen LogP contribution < -0.4 is 4.74 Å². The zero-order valence-corrected chi connectivity index (χ0v) is 15.7. The molecule has 0 N–H and O–H groups in total. The summed E-state index contributed by atoms with van der Waals surface area (Å²) < 4.78 is 20.1. The minimum Gasteiger partial charge on any atom is -0.497 e. The number of nitrogens with zero attached hydrogens (tertiary/aromatic N) is 4. The van der Waals surface area contributed by atoms with Gasteiger partial charge in [0.1, 0.15) is 11.6 Å². The van der Waals surface area contributed by atoms with E-state index in [0.717, 1.165) is 27.7 Å². The van der Waals surface area contributed by atoms with E-state index in [4.69, 9.17) is 4.74 Å². The van der Waals surface area contributed by atoms with E-state index in [1.807, 2.05) is 24.3 Å². The quantitative estimate of drug-likeness (QED) is 0.641. The molecule has 0 saturated carbocycles. The molecular formula is C17H14BrFN4OS. The van der Waals surface area contributed by atoms with Crippen molar-refractivity contribution in [1.29, 1.82) is 0 Å². The second-order valence-electron chi connectivity index (χ2n) is 5.19. The third-order valence-corrected chi connectivity index (χ3v) is 4.61. The Morgan fingerprint density at radius 3 is 2.64 bits per heavy atom. The SMILES string of the molecule is Br.COc1cccc(-c2nnc3n2N=C(c2ccc(F)cc2)CS3)c1. The molecule has 0 unspecified atom stereocenters. The van der Waals surface area contributed by atoms with Crippen LogP contribution in [-0.4, -0.2) is 33.4 Å². The lowest BCUT2D eigenvalue weighted by atomic mass is 10.1. The van der Waals surface area contributed by atoms with E-state index in [2.05, 4.69) is 15.3 Å². The molecule has 0 aliphatic carbocycles. The first kappa shape index (κ1) is 17.6. The Balaban J connectivity index is 0.00000182. The number of hydrogen-bond acceptors (Lipinski definition) is 5. The van der Waals surface area contributed by atoms with Crippen LogP contribution in [0.15, 0.2) is 58.8 Å². The molecule has 128 valence electrons. The molecule has 2 aromatic carbocycles. The summed E-state index contributed by atoms with van der Waals surface area (Å²) in [5, 5.41) is 13.9. The van der Waals surface area contributed by atoms with Crippen molar-refractivity contribution in [2.75, 3.05) is 12.9 Å². The predicted octanol–water partition coefficient (Wildman–Crippen LogP) is 4.03. The van der Waals surface area contributed by atoms with Crippen LogP contribution in [-0.2, 0) is 0 Å². The van der Waals surface area contributed by atoms with Gasteiger partial charge in [-0.3, -0.25) is 0 Å². The average molecular weight is 421 g/mol. The van der Waals surface area contributed by atoms with Crippen LogP contribution in [0.1, 0.15) is 5.56 Å². The molecule has 25 heavy (non-hydrogen) atoms. The fourth-order valence-electron chi connectivity index (χ4n) is 2.45. The Hall–Kier alpha value is -2.19. The van der Waals surface area contributed by atoms with Gasteiger partial charge in [-0.15, -0.1) is 27.2 Å². The van der Waals surface area contributed by atoms with Crippen molar-refractivity contribution in [3.05, 3.63) is 59.9 Å². The predicted molar refractivity (Wildman–Crippen MR) is 101 cm³/mol. The Labute approximate surface area is 158 Å². The first-order valence-electron chi connectivity index (χ1n) is 7.31. The van der Waals surface area contributed by atoms with Gasteiger partial charge in [0.15, 0.2) is 5.82 Å². The van der Waals surface area contributed by atoms with Crippen molar-refractivity contribution in [2.24, 2.45) is 5.10 Å². The number of benzene rings is 2. The lowest BCUT2D eigenvalue weighted by molar-refractivity contribution is 0.415. The van der Waals surface area contributed by atoms with E-state index >= 15 is 0 Å². The zero-order chi connectivity index (χ0) is 16.5. The van der Waals surface area contributed by atoms with E-state index in [0.29, 0.717) is 11.6 Å². The van der Waals surface area contributed by atoms with E-state index in [9.17, 15) is 4.39 Å². The third kappa shape index (κ3) is 3.45. The van der Waals surface area contributed by atoms with Crippen molar-refractivity contribution in [3.8, 4) is 17.1 Å². The number of halogens is 2. The second-order valence-corrected chi connectivity index (χ2v) is 6.13. The molecule has 0 amide bonds. The summed E-state index contributed by atoms with van der Waals surface area (Å²) in [6, 6.07) is 13.9. The largest absolute Gasteiger partial charge is 0.497 e. The van der Waals surface area contributed by atoms with Crippen molar-refractivity contribution in [3.63, 3.8) is 0 Å². The molecule has 0 saturated heterocycles. The average Bonchev–Trinajstić information content (AvgIpc) is 3.05. The summed E-state index contributed by atoms with van der Waals surface area (Å²) in [5.74, 6) is 1.80. The highest BCUT2D eigenvalue weighted by atomic mass is 79.9. The fourth-order valence-corrected chi connectivity index (χ4v) is 3.29. The maximum Gasteiger partial charge on any atom is 0.212 e. The van der Waals surface area contributed by atoms with Crippen LogP contribution in [0.2, 0.25) is 0 Å². The van der Waals surface area contributed by atoms with Crippen molar-refractivity contribution < 1.29 is 9.13 Å². The standard InChI is InChI=1S/C17H13FN4OS.BrH/c1-23-14-4-2-3-12(9-14)16-19-20-17-22(16)21-15(10-24-17)11-5-7-13(18)8-6-11;/h2-9H,10H2,1H3;1H. The van der Waals surface area contributed by atoms with Crippen molar-refractivity contribution in [2.45, 2.75) is 5.16 Å². The number of rotatable bonds is 3. The molecule has 1 aliphatic heterocycles. The van der Waals surface area contributed by atoms with Gasteiger partial charge < -0.3 is 4.74 Å². The zero-order valence-electron chi connectivity index (χ0n) is 13.2. The summed E-state index contributed by atoms with van der Waals surface area (Å²) in [5.41, 5.74) is 2.62.